The SMILES string of the molecule is C[Si](Cl)(Cl)CCCCCCCCCCCCCCCCCCCCCCCCN=C=O. The molecule has 0 heterocycles. The lowest BCUT2D eigenvalue weighted by Crippen LogP contribution is -2.11. The van der Waals surface area contributed by atoms with Gasteiger partial charge in [-0.3, -0.25) is 0 Å². The second-order valence-electron chi connectivity index (χ2n) is 9.57. The Morgan fingerprint density at radius 1 is 0.516 bits per heavy atom. The van der Waals surface area contributed by atoms with Gasteiger partial charge in [0.15, 0.2) is 0 Å². The molecule has 0 saturated heterocycles. The Morgan fingerprint density at radius 2 is 0.774 bits per heavy atom. The maximum Gasteiger partial charge on any atom is 0.248 e. The molecule has 0 aliphatic rings. The molecular weight excluding hydrogens is 441 g/mol. The van der Waals surface area contributed by atoms with Gasteiger partial charge in [0.05, 0.1) is 6.54 Å². The summed E-state index contributed by atoms with van der Waals surface area (Å²) >= 11 is 12.3. The first-order valence-corrected chi connectivity index (χ1v) is 18.2. The van der Waals surface area contributed by atoms with Gasteiger partial charge in [0.1, 0.15) is 0 Å². The molecule has 0 fully saturated rings. The van der Waals surface area contributed by atoms with Gasteiger partial charge in [-0.1, -0.05) is 135 Å². The third kappa shape index (κ3) is 30.2. The number of aliphatic imine (C=N–C) groups is 1. The van der Waals surface area contributed by atoms with E-state index in [0.717, 1.165) is 12.5 Å². The van der Waals surface area contributed by atoms with Crippen molar-refractivity contribution in [3.05, 3.63) is 0 Å². The summed E-state index contributed by atoms with van der Waals surface area (Å²) in [7, 11) is 0. The predicted molar refractivity (Wildman–Crippen MR) is 143 cm³/mol. The van der Waals surface area contributed by atoms with E-state index in [0.29, 0.717) is 6.54 Å². The van der Waals surface area contributed by atoms with Crippen molar-refractivity contribution in [3.8, 4) is 0 Å². The quantitative estimate of drug-likeness (QED) is 0.0410. The van der Waals surface area contributed by atoms with Crippen LogP contribution >= 0.6 is 22.2 Å². The summed E-state index contributed by atoms with van der Waals surface area (Å²) in [6.45, 7) is 0.849. The van der Waals surface area contributed by atoms with Gasteiger partial charge >= 0.3 is 0 Å². The van der Waals surface area contributed by atoms with Crippen LogP contribution in [0.5, 0.6) is 0 Å². The number of unbranched alkanes of at least 4 members (excludes halogenated alkanes) is 21. The van der Waals surface area contributed by atoms with Gasteiger partial charge in [-0.25, -0.2) is 9.79 Å². The van der Waals surface area contributed by atoms with Crippen molar-refractivity contribution in [2.75, 3.05) is 6.54 Å². The van der Waals surface area contributed by atoms with Gasteiger partial charge in [0.25, 0.3) is 0 Å². The minimum atomic E-state index is -1.84. The van der Waals surface area contributed by atoms with Crippen molar-refractivity contribution in [2.24, 2.45) is 4.99 Å². The Kier molecular flexibility index (Phi) is 25.0. The molecule has 2 nitrogen and oxygen atoms in total. The van der Waals surface area contributed by atoms with E-state index in [1.54, 1.807) is 6.08 Å². The normalized spacial score (nSPS) is 11.6. The van der Waals surface area contributed by atoms with Gasteiger partial charge in [0.2, 0.25) is 12.8 Å². The second kappa shape index (κ2) is 24.8. The Balaban J connectivity index is 3.04. The van der Waals surface area contributed by atoms with E-state index in [1.807, 2.05) is 6.55 Å². The summed E-state index contributed by atoms with van der Waals surface area (Å²) < 4.78 is 0. The largest absolute Gasteiger partial charge is 0.248 e. The second-order valence-corrected chi connectivity index (χ2v) is 17.8. The van der Waals surface area contributed by atoms with Crippen LogP contribution in [0.15, 0.2) is 4.99 Å². The molecule has 0 N–H and O–H groups in total. The Labute approximate surface area is 204 Å². The van der Waals surface area contributed by atoms with E-state index in [-0.39, 0.29) is 0 Å². The smallest absolute Gasteiger partial charge is 0.211 e. The zero-order valence-electron chi connectivity index (χ0n) is 20.6. The molecule has 0 aliphatic heterocycles. The van der Waals surface area contributed by atoms with Crippen LogP contribution in [-0.4, -0.2) is 19.3 Å². The van der Waals surface area contributed by atoms with Gasteiger partial charge in [-0.2, -0.15) is 0 Å². The topological polar surface area (TPSA) is 29.4 Å². The number of hydrogen-bond acceptors (Lipinski definition) is 2. The van der Waals surface area contributed by atoms with Crippen molar-refractivity contribution in [3.63, 3.8) is 0 Å². The van der Waals surface area contributed by atoms with E-state index in [4.69, 9.17) is 22.2 Å². The Morgan fingerprint density at radius 3 is 1.03 bits per heavy atom. The molecule has 0 radical (unpaired) electrons. The monoisotopic (exact) mass is 491 g/mol. The van der Waals surface area contributed by atoms with E-state index < -0.39 is 6.69 Å². The number of hydrogen-bond donors (Lipinski definition) is 0. The highest BCUT2D eigenvalue weighted by molar-refractivity contribution is 7.44. The summed E-state index contributed by atoms with van der Waals surface area (Å²) in [5.74, 6) is 0. The van der Waals surface area contributed by atoms with Gasteiger partial charge in [-0.15, -0.1) is 22.2 Å². The summed E-state index contributed by atoms with van der Waals surface area (Å²) in [4.78, 5) is 13.5. The van der Waals surface area contributed by atoms with Crippen molar-refractivity contribution < 1.29 is 4.79 Å². The molecule has 0 saturated carbocycles. The third-order valence-corrected chi connectivity index (χ3v) is 8.57. The van der Waals surface area contributed by atoms with Gasteiger partial charge in [-0.05, 0) is 19.0 Å². The molecule has 0 spiro atoms. The molecule has 5 heteroatoms. The molecule has 31 heavy (non-hydrogen) atoms. The maximum atomic E-state index is 9.95. The molecule has 184 valence electrons. The summed E-state index contributed by atoms with van der Waals surface area (Å²) in [5.41, 5.74) is 0. The van der Waals surface area contributed by atoms with Crippen molar-refractivity contribution >= 4 is 34.9 Å². The first-order chi connectivity index (χ1) is 15.1. The highest BCUT2D eigenvalue weighted by Gasteiger charge is 2.19. The van der Waals surface area contributed by atoms with E-state index in [1.165, 1.54) is 135 Å². The number of carbonyl (C=O) groups excluding carboxylic acids is 1. The van der Waals surface area contributed by atoms with Crippen molar-refractivity contribution in [2.45, 2.75) is 154 Å². The molecule has 0 aromatic heterocycles. The molecule has 0 unspecified atom stereocenters. The lowest BCUT2D eigenvalue weighted by Gasteiger charge is -2.09. The molecule has 0 atom stereocenters. The highest BCUT2D eigenvalue weighted by atomic mass is 35.7. The van der Waals surface area contributed by atoms with Crippen LogP contribution in [0.3, 0.4) is 0 Å². The van der Waals surface area contributed by atoms with E-state index >= 15 is 0 Å². The third-order valence-electron chi connectivity index (χ3n) is 6.20. The van der Waals surface area contributed by atoms with Crippen LogP contribution in [0.2, 0.25) is 12.6 Å². The van der Waals surface area contributed by atoms with Crippen LogP contribution < -0.4 is 0 Å². The van der Waals surface area contributed by atoms with Gasteiger partial charge < -0.3 is 0 Å². The first kappa shape index (κ1) is 31.2. The Hall–Kier alpha value is 0.177. The molecule has 0 aromatic rings. The fraction of sp³-hybridized carbons (Fsp3) is 0.962. The molecule has 0 amide bonds. The average Bonchev–Trinajstić information content (AvgIpc) is 2.73. The van der Waals surface area contributed by atoms with Crippen LogP contribution in [0.25, 0.3) is 0 Å². The zero-order chi connectivity index (χ0) is 22.9. The molecule has 0 bridgehead atoms. The van der Waals surface area contributed by atoms with Crippen molar-refractivity contribution in [1.29, 1.82) is 0 Å². The predicted octanol–water partition coefficient (Wildman–Crippen LogP) is 10.5. The molecule has 0 aromatic carbocycles. The standard InChI is InChI=1S/C26H51Cl2NOSi/c1-31(27,28)25-23-21-19-17-15-13-11-9-7-5-3-2-4-6-8-10-12-14-16-18-20-22-24-29-26-30/h2-25H2,1H3. The molecule has 0 aliphatic carbocycles. The number of isocyanates is 1. The number of halogens is 2. The average molecular weight is 493 g/mol. The summed E-state index contributed by atoms with van der Waals surface area (Å²) in [5, 5.41) is 0. The van der Waals surface area contributed by atoms with E-state index in [9.17, 15) is 4.79 Å². The fourth-order valence-electron chi connectivity index (χ4n) is 4.21. The summed E-state index contributed by atoms with van der Waals surface area (Å²) in [6.07, 6.45) is 31.7. The van der Waals surface area contributed by atoms with Crippen LogP contribution in [-0.2, 0) is 4.79 Å². The van der Waals surface area contributed by atoms with Crippen molar-refractivity contribution in [1.82, 2.24) is 0 Å². The number of rotatable bonds is 25. The minimum Gasteiger partial charge on any atom is -0.211 e. The Bertz CT molecular complexity index is 409. The lowest BCUT2D eigenvalue weighted by atomic mass is 10.0. The number of nitrogens with zero attached hydrogens (tertiary/aromatic N) is 1. The minimum absolute atomic E-state index is 0.663. The summed E-state index contributed by atoms with van der Waals surface area (Å²) in [6, 6.07) is 1.05. The van der Waals surface area contributed by atoms with Crippen LogP contribution in [0.1, 0.15) is 141 Å². The first-order valence-electron chi connectivity index (χ1n) is 13.5. The van der Waals surface area contributed by atoms with E-state index in [2.05, 4.69) is 4.99 Å². The van der Waals surface area contributed by atoms with Crippen LogP contribution in [0.4, 0.5) is 0 Å². The maximum absolute atomic E-state index is 9.95. The molecular formula is C26H51Cl2NOSi. The fourth-order valence-corrected chi connectivity index (χ4v) is 5.88. The van der Waals surface area contributed by atoms with Gasteiger partial charge in [0, 0.05) is 0 Å². The highest BCUT2D eigenvalue weighted by Crippen LogP contribution is 2.23. The lowest BCUT2D eigenvalue weighted by molar-refractivity contribution is 0.519. The molecule has 0 rings (SSSR count). The van der Waals surface area contributed by atoms with Crippen LogP contribution in [0, 0.1) is 0 Å². The zero-order valence-corrected chi connectivity index (χ0v) is 23.1.